The second-order valence-electron chi connectivity index (χ2n) is 8.39. The van der Waals surface area contributed by atoms with Crippen LogP contribution in [0, 0.1) is 6.57 Å². The normalized spacial score (nSPS) is 16.8. The van der Waals surface area contributed by atoms with E-state index in [0.717, 1.165) is 12.1 Å². The minimum absolute atomic E-state index is 0. The maximum absolute atomic E-state index is 13.6. The number of carbonyl (C=O) groups is 1. The van der Waals surface area contributed by atoms with Crippen molar-refractivity contribution in [2.45, 2.75) is 33.0 Å². The van der Waals surface area contributed by atoms with E-state index in [4.69, 9.17) is 23.9 Å². The van der Waals surface area contributed by atoms with Crippen LogP contribution in [0.25, 0.3) is 10.5 Å². The van der Waals surface area contributed by atoms with Gasteiger partial charge in [0.1, 0.15) is 11.5 Å². The topological polar surface area (TPSA) is 93.8 Å². The van der Waals surface area contributed by atoms with Crippen LogP contribution in [0.3, 0.4) is 0 Å². The van der Waals surface area contributed by atoms with Crippen molar-refractivity contribution in [2.75, 3.05) is 17.2 Å². The third kappa shape index (κ3) is 4.87. The highest BCUT2D eigenvalue weighted by molar-refractivity contribution is 7.59. The maximum atomic E-state index is 13.6. The summed E-state index contributed by atoms with van der Waals surface area (Å²) in [6.45, 7) is 9.65. The summed E-state index contributed by atoms with van der Waals surface area (Å²) in [5.74, 6) is -0.129. The number of fused-ring (bicyclic) bond motifs is 1. The molecule has 4 heterocycles. The van der Waals surface area contributed by atoms with Gasteiger partial charge in [0.25, 0.3) is 5.91 Å². The van der Waals surface area contributed by atoms with E-state index in [1.54, 1.807) is 23.0 Å². The number of hydrogen-bond donors (Lipinski definition) is 1. The van der Waals surface area contributed by atoms with Crippen molar-refractivity contribution in [3.05, 3.63) is 87.2 Å². The average Bonchev–Trinajstić information content (AvgIpc) is 3.46. The van der Waals surface area contributed by atoms with Gasteiger partial charge < -0.3 is 10.6 Å². The van der Waals surface area contributed by atoms with Gasteiger partial charge in [0, 0.05) is 41.7 Å². The molecule has 0 unspecified atom stereocenters. The monoisotopic (exact) mass is 561 g/mol. The Morgan fingerprint density at radius 3 is 2.55 bits per heavy atom. The maximum Gasteiger partial charge on any atom is 0.417 e. The van der Waals surface area contributed by atoms with Crippen molar-refractivity contribution in [3.8, 4) is 0 Å². The molecule has 2 aromatic heterocycles. The summed E-state index contributed by atoms with van der Waals surface area (Å²) in [4.78, 5) is 27.3. The molecule has 13 heteroatoms. The molecule has 2 aliphatic heterocycles. The largest absolute Gasteiger partial charge is 0.417 e. The Bertz CT molecular complexity index is 1510. The van der Waals surface area contributed by atoms with Gasteiger partial charge in [0.2, 0.25) is 0 Å². The number of aliphatic imine (C=N–C) groups is 1. The Morgan fingerprint density at radius 2 is 1.95 bits per heavy atom. The molecule has 198 valence electrons. The molecule has 0 bridgehead atoms. The molecule has 5 rings (SSSR count). The van der Waals surface area contributed by atoms with Crippen LogP contribution in [0.15, 0.2) is 53.4 Å². The number of anilines is 2. The van der Waals surface area contributed by atoms with Crippen LogP contribution in [0.4, 0.5) is 24.7 Å². The number of hydrogen-bond acceptors (Lipinski definition) is 5. The quantitative estimate of drug-likeness (QED) is 0.398. The molecular weight excluding hydrogens is 539 g/mol. The highest BCUT2D eigenvalue weighted by Crippen LogP contribution is 2.39. The third-order valence-electron chi connectivity index (χ3n) is 6.04. The van der Waals surface area contributed by atoms with E-state index in [1.807, 2.05) is 6.92 Å². The van der Waals surface area contributed by atoms with Crippen LogP contribution < -0.4 is 10.6 Å². The van der Waals surface area contributed by atoms with E-state index in [2.05, 4.69) is 19.9 Å². The summed E-state index contributed by atoms with van der Waals surface area (Å²) in [5, 5.41) is 3.86. The molecule has 1 aromatic carbocycles. The highest BCUT2D eigenvalue weighted by Gasteiger charge is 2.37. The fraction of sp³-hybridized carbons (Fsp3) is 0.240. The first-order chi connectivity index (χ1) is 17.1. The molecule has 0 fully saturated rings. The number of benzene rings is 1. The number of nitrogens with zero attached hydrogens (tertiary/aromatic N) is 6. The Hall–Kier alpha value is -3.82. The van der Waals surface area contributed by atoms with E-state index in [9.17, 15) is 18.0 Å². The van der Waals surface area contributed by atoms with Crippen molar-refractivity contribution in [1.29, 1.82) is 0 Å². The van der Waals surface area contributed by atoms with Gasteiger partial charge in [-0.1, -0.05) is 19.0 Å². The summed E-state index contributed by atoms with van der Waals surface area (Å²) in [6.07, 6.45) is -1.31. The number of nitrogen functional groups attached to an aromatic ring is 1. The molecule has 0 saturated heterocycles. The zero-order valence-corrected chi connectivity index (χ0v) is 21.0. The molecule has 3 aromatic rings. The summed E-state index contributed by atoms with van der Waals surface area (Å²) in [7, 11) is 0. The molecular formula is C25H23ClF3N7OS. The first-order valence-corrected chi connectivity index (χ1v) is 11.1. The van der Waals surface area contributed by atoms with Crippen LogP contribution in [-0.4, -0.2) is 32.9 Å². The number of alkyl halides is 3. The van der Waals surface area contributed by atoms with Crippen LogP contribution in [0.1, 0.15) is 54.0 Å². The van der Waals surface area contributed by atoms with Crippen LogP contribution in [0.2, 0.25) is 5.02 Å². The van der Waals surface area contributed by atoms with Gasteiger partial charge in [-0.25, -0.2) is 9.83 Å². The molecule has 1 amide bonds. The number of pyridine rings is 1. The molecule has 0 aliphatic carbocycles. The van der Waals surface area contributed by atoms with Crippen molar-refractivity contribution in [3.63, 3.8) is 0 Å². The number of rotatable bonds is 3. The second kappa shape index (κ2) is 10.5. The minimum atomic E-state index is -4.61. The summed E-state index contributed by atoms with van der Waals surface area (Å²) in [6, 6.07) is 6.29. The lowest BCUT2D eigenvalue weighted by molar-refractivity contribution is -0.137. The molecule has 2 aliphatic rings. The number of carbonyl (C=O) groups excluding carboxylic acids is 1. The standard InChI is InChI=1S/C24H17ClF3N7O.CH4.H2S/c1-12-11-34(14-4-5-16(17(25)7-14)24(26,27)28)23(36)22-15(10-32-35(12)22)21-19(30-2)8-18(33-21)13-3-6-20(29)31-9-13;;/h3-7,9-10,12H,8,11H2,1H3,(H2,29,31);1H4;1H2/t12-;;/m0../s1. The second-order valence-corrected chi connectivity index (χ2v) is 8.80. The van der Waals surface area contributed by atoms with Gasteiger partial charge in [-0.15, -0.1) is 0 Å². The predicted molar refractivity (Wildman–Crippen MR) is 146 cm³/mol. The van der Waals surface area contributed by atoms with Gasteiger partial charge >= 0.3 is 6.18 Å². The first-order valence-electron chi connectivity index (χ1n) is 10.7. The zero-order chi connectivity index (χ0) is 25.8. The van der Waals surface area contributed by atoms with E-state index in [0.29, 0.717) is 34.1 Å². The zero-order valence-electron chi connectivity index (χ0n) is 19.2. The van der Waals surface area contributed by atoms with Crippen LogP contribution in [-0.2, 0) is 6.18 Å². The predicted octanol–water partition coefficient (Wildman–Crippen LogP) is 5.98. The smallest absolute Gasteiger partial charge is 0.384 e. The molecule has 1 atom stereocenters. The number of aromatic nitrogens is 3. The lowest BCUT2D eigenvalue weighted by Crippen LogP contribution is -2.43. The highest BCUT2D eigenvalue weighted by atomic mass is 35.5. The average molecular weight is 562 g/mol. The first kappa shape index (κ1) is 28.7. The fourth-order valence-electron chi connectivity index (χ4n) is 4.29. The van der Waals surface area contributed by atoms with Gasteiger partial charge in [-0.2, -0.15) is 31.8 Å². The Kier molecular flexibility index (Phi) is 7.95. The Balaban J connectivity index is 0.00000200. The van der Waals surface area contributed by atoms with Crippen molar-refractivity contribution in [1.82, 2.24) is 14.8 Å². The lowest BCUT2D eigenvalue weighted by Gasteiger charge is -2.32. The molecule has 2 N–H and O–H groups in total. The van der Waals surface area contributed by atoms with E-state index in [1.165, 1.54) is 17.2 Å². The van der Waals surface area contributed by atoms with Crippen molar-refractivity contribution < 1.29 is 18.0 Å². The van der Waals surface area contributed by atoms with Crippen molar-refractivity contribution in [2.24, 2.45) is 4.99 Å². The number of nitrogens with two attached hydrogens (primary N) is 1. The van der Waals surface area contributed by atoms with Gasteiger partial charge in [0.15, 0.2) is 5.70 Å². The van der Waals surface area contributed by atoms with E-state index < -0.39 is 22.7 Å². The number of halogens is 4. The lowest BCUT2D eigenvalue weighted by atomic mass is 10.1. The molecule has 8 nitrogen and oxygen atoms in total. The number of allylic oxidation sites excluding steroid dienone is 1. The molecule has 0 radical (unpaired) electrons. The summed E-state index contributed by atoms with van der Waals surface area (Å²) in [5.41, 5.74) is 7.44. The summed E-state index contributed by atoms with van der Waals surface area (Å²) < 4.78 is 41.0. The van der Waals surface area contributed by atoms with Crippen LogP contribution in [0.5, 0.6) is 0 Å². The van der Waals surface area contributed by atoms with Gasteiger partial charge in [-0.3, -0.25) is 14.5 Å². The molecule has 0 spiro atoms. The molecule has 0 saturated carbocycles. The SMILES string of the molecule is C.S.[C-]#[N+]C1=C(c2cnn3c2C(=O)N(c2ccc(C(F)(F)F)c(Cl)c2)C[C@@H]3C)N=C(c2ccc(N)nc2)C1. The van der Waals surface area contributed by atoms with E-state index in [-0.39, 0.29) is 51.3 Å². The Morgan fingerprint density at radius 1 is 1.21 bits per heavy atom. The van der Waals surface area contributed by atoms with Gasteiger partial charge in [0.05, 0.1) is 35.1 Å². The fourth-order valence-corrected chi connectivity index (χ4v) is 4.57. The van der Waals surface area contributed by atoms with Crippen molar-refractivity contribution >= 4 is 53.9 Å². The summed E-state index contributed by atoms with van der Waals surface area (Å²) >= 11 is 5.91. The van der Waals surface area contributed by atoms with Crippen LogP contribution >= 0.6 is 25.1 Å². The molecule has 38 heavy (non-hydrogen) atoms. The third-order valence-corrected chi connectivity index (χ3v) is 6.35. The van der Waals surface area contributed by atoms with E-state index >= 15 is 0 Å². The number of amides is 1. The minimum Gasteiger partial charge on any atom is -0.384 e. The van der Waals surface area contributed by atoms with Gasteiger partial charge in [-0.05, 0) is 37.3 Å². The Labute approximate surface area is 228 Å².